The zero-order valence-electron chi connectivity index (χ0n) is 29.7. The van der Waals surface area contributed by atoms with E-state index in [1.165, 1.54) is 59.9 Å². The number of hydrogen-bond acceptors (Lipinski definition) is 4. The lowest BCUT2D eigenvalue weighted by Gasteiger charge is -2.22. The second kappa shape index (κ2) is 13.1. The molecule has 4 nitrogen and oxygen atoms in total. The molecule has 3 heterocycles. The predicted molar refractivity (Wildman–Crippen MR) is 219 cm³/mol. The molecule has 0 aliphatic carbocycles. The van der Waals surface area contributed by atoms with Crippen LogP contribution in [0.2, 0.25) is 0 Å². The van der Waals surface area contributed by atoms with Crippen molar-refractivity contribution in [1.82, 2.24) is 9.55 Å². The SMILES string of the molecule is CC(C)(C)c1ccnc(-n2c3ccc(-c4ccccc4)cc3c3ccc(Sc4cccc(N5CN(Cc6ccccc6)c6ccccc65)c4)cc32)c1. The third-order valence-corrected chi connectivity index (χ3v) is 11.1. The Morgan fingerprint density at radius 1 is 0.596 bits per heavy atom. The molecule has 0 saturated heterocycles. The molecule has 1 aliphatic rings. The first-order valence-corrected chi connectivity index (χ1v) is 18.7. The Labute approximate surface area is 310 Å². The number of pyridine rings is 1. The van der Waals surface area contributed by atoms with E-state index in [2.05, 4.69) is 193 Å². The van der Waals surface area contributed by atoms with Gasteiger partial charge < -0.3 is 9.80 Å². The highest BCUT2D eigenvalue weighted by molar-refractivity contribution is 7.99. The van der Waals surface area contributed by atoms with Crippen molar-refractivity contribution in [2.24, 2.45) is 0 Å². The molecule has 0 N–H and O–H groups in total. The molecule has 8 aromatic rings. The Balaban J connectivity index is 1.10. The van der Waals surface area contributed by atoms with E-state index in [1.807, 2.05) is 18.0 Å². The summed E-state index contributed by atoms with van der Waals surface area (Å²) in [5.74, 6) is 0.941. The lowest BCUT2D eigenvalue weighted by Crippen LogP contribution is -2.27. The topological polar surface area (TPSA) is 24.3 Å². The van der Waals surface area contributed by atoms with E-state index in [0.29, 0.717) is 0 Å². The molecule has 254 valence electrons. The normalized spacial score (nSPS) is 12.9. The van der Waals surface area contributed by atoms with Crippen molar-refractivity contribution in [3.05, 3.63) is 175 Å². The molecule has 1 aliphatic heterocycles. The van der Waals surface area contributed by atoms with Gasteiger partial charge in [-0.1, -0.05) is 124 Å². The first kappa shape index (κ1) is 32.1. The average Bonchev–Trinajstić information content (AvgIpc) is 3.70. The van der Waals surface area contributed by atoms with Crippen LogP contribution in [-0.2, 0) is 12.0 Å². The molecule has 0 radical (unpaired) electrons. The van der Waals surface area contributed by atoms with Gasteiger partial charge in [0.2, 0.25) is 0 Å². The fraction of sp³-hybridized carbons (Fsp3) is 0.128. The van der Waals surface area contributed by atoms with Gasteiger partial charge in [0, 0.05) is 39.0 Å². The van der Waals surface area contributed by atoms with Gasteiger partial charge in [-0.15, -0.1) is 0 Å². The molecule has 0 bridgehead atoms. The number of nitrogens with zero attached hydrogens (tertiary/aromatic N) is 4. The zero-order chi connectivity index (χ0) is 35.2. The summed E-state index contributed by atoms with van der Waals surface area (Å²) >= 11 is 1.81. The largest absolute Gasteiger partial charge is 0.347 e. The monoisotopic (exact) mass is 692 g/mol. The molecule has 0 spiro atoms. The van der Waals surface area contributed by atoms with Gasteiger partial charge in [-0.2, -0.15) is 0 Å². The fourth-order valence-corrected chi connectivity index (χ4v) is 8.33. The molecule has 0 saturated carbocycles. The third-order valence-electron chi connectivity index (χ3n) is 10.1. The summed E-state index contributed by atoms with van der Waals surface area (Å²) in [6.45, 7) is 8.45. The summed E-state index contributed by atoms with van der Waals surface area (Å²) in [5, 5.41) is 2.45. The molecule has 9 rings (SSSR count). The van der Waals surface area contributed by atoms with Crippen molar-refractivity contribution < 1.29 is 0 Å². The van der Waals surface area contributed by atoms with Crippen LogP contribution in [0.25, 0.3) is 38.8 Å². The fourth-order valence-electron chi connectivity index (χ4n) is 7.42. The summed E-state index contributed by atoms with van der Waals surface area (Å²) in [6.07, 6.45) is 1.95. The van der Waals surface area contributed by atoms with Crippen molar-refractivity contribution in [1.29, 1.82) is 0 Å². The summed E-state index contributed by atoms with van der Waals surface area (Å²) in [6, 6.07) is 57.2. The van der Waals surface area contributed by atoms with Gasteiger partial charge in [0.25, 0.3) is 0 Å². The maximum Gasteiger partial charge on any atom is 0.137 e. The van der Waals surface area contributed by atoms with Crippen LogP contribution in [0.5, 0.6) is 0 Å². The van der Waals surface area contributed by atoms with Crippen LogP contribution in [0, 0.1) is 0 Å². The maximum atomic E-state index is 4.94. The lowest BCUT2D eigenvalue weighted by atomic mass is 9.88. The van der Waals surface area contributed by atoms with Crippen molar-refractivity contribution in [3.8, 4) is 16.9 Å². The Bertz CT molecular complexity index is 2550. The second-order valence-corrected chi connectivity index (χ2v) is 15.8. The van der Waals surface area contributed by atoms with Gasteiger partial charge in [0.1, 0.15) is 5.82 Å². The minimum Gasteiger partial charge on any atom is -0.347 e. The molecule has 2 aromatic heterocycles. The van der Waals surface area contributed by atoms with E-state index >= 15 is 0 Å². The van der Waals surface area contributed by atoms with Crippen LogP contribution >= 0.6 is 11.8 Å². The molecule has 0 fully saturated rings. The highest BCUT2D eigenvalue weighted by Gasteiger charge is 2.27. The van der Waals surface area contributed by atoms with E-state index in [1.54, 1.807) is 0 Å². The Morgan fingerprint density at radius 2 is 1.35 bits per heavy atom. The first-order chi connectivity index (χ1) is 25.4. The molecule has 5 heteroatoms. The van der Waals surface area contributed by atoms with E-state index in [-0.39, 0.29) is 5.41 Å². The van der Waals surface area contributed by atoms with Crippen LogP contribution in [0.15, 0.2) is 174 Å². The zero-order valence-corrected chi connectivity index (χ0v) is 30.5. The summed E-state index contributed by atoms with van der Waals surface area (Å²) in [4.78, 5) is 12.2. The van der Waals surface area contributed by atoms with Crippen molar-refractivity contribution >= 4 is 50.6 Å². The predicted octanol–water partition coefficient (Wildman–Crippen LogP) is 12.4. The molecule has 6 aromatic carbocycles. The lowest BCUT2D eigenvalue weighted by molar-refractivity contribution is 0.588. The van der Waals surface area contributed by atoms with Crippen molar-refractivity contribution in [2.75, 3.05) is 16.5 Å². The van der Waals surface area contributed by atoms with Crippen LogP contribution in [0.3, 0.4) is 0 Å². The number of aromatic nitrogens is 2. The molecule has 52 heavy (non-hydrogen) atoms. The number of fused-ring (bicyclic) bond motifs is 4. The van der Waals surface area contributed by atoms with Gasteiger partial charge in [-0.25, -0.2) is 4.98 Å². The number of hydrogen-bond donors (Lipinski definition) is 0. The molecule has 0 amide bonds. The van der Waals surface area contributed by atoms with Gasteiger partial charge in [-0.3, -0.25) is 4.57 Å². The molecular formula is C47H40N4S. The minimum absolute atomic E-state index is 0.0113. The van der Waals surface area contributed by atoms with Gasteiger partial charge in [0.15, 0.2) is 0 Å². The number of anilines is 3. The average molecular weight is 693 g/mol. The van der Waals surface area contributed by atoms with Crippen LogP contribution < -0.4 is 9.80 Å². The Hall–Kier alpha value is -5.78. The van der Waals surface area contributed by atoms with Gasteiger partial charge in [0.05, 0.1) is 29.1 Å². The van der Waals surface area contributed by atoms with E-state index in [9.17, 15) is 0 Å². The van der Waals surface area contributed by atoms with Gasteiger partial charge in [-0.05, 0) is 94.4 Å². The maximum absolute atomic E-state index is 4.94. The van der Waals surface area contributed by atoms with E-state index in [4.69, 9.17) is 4.98 Å². The van der Waals surface area contributed by atoms with E-state index < -0.39 is 0 Å². The number of rotatable bonds is 7. The smallest absolute Gasteiger partial charge is 0.137 e. The quantitative estimate of drug-likeness (QED) is 0.166. The highest BCUT2D eigenvalue weighted by atomic mass is 32.2. The van der Waals surface area contributed by atoms with Crippen LogP contribution in [0.4, 0.5) is 17.1 Å². The molecule has 0 atom stereocenters. The van der Waals surface area contributed by atoms with E-state index in [0.717, 1.165) is 30.1 Å². The van der Waals surface area contributed by atoms with Crippen molar-refractivity contribution in [3.63, 3.8) is 0 Å². The molecular weight excluding hydrogens is 653 g/mol. The first-order valence-electron chi connectivity index (χ1n) is 17.9. The minimum atomic E-state index is 0.0113. The Kier molecular flexibility index (Phi) is 8.09. The standard InChI is InChI=1S/C47H40N4S/c1-47(2,3)36-25-26-48-46(28-36)51-42-24-21-35(34-15-8-5-9-16-34)27-41(42)40-23-22-39(30-45(40)51)52-38-18-12-17-37(29-38)50-32-49(31-33-13-6-4-7-14-33)43-19-10-11-20-44(43)50/h4-30H,31-32H2,1-3H3. The van der Waals surface area contributed by atoms with Gasteiger partial charge >= 0.3 is 0 Å². The summed E-state index contributed by atoms with van der Waals surface area (Å²) < 4.78 is 2.34. The van der Waals surface area contributed by atoms with Crippen LogP contribution in [-0.4, -0.2) is 16.2 Å². The summed E-state index contributed by atoms with van der Waals surface area (Å²) in [5.41, 5.74) is 11.0. The second-order valence-electron chi connectivity index (χ2n) is 14.6. The summed E-state index contributed by atoms with van der Waals surface area (Å²) in [7, 11) is 0. The number of para-hydroxylation sites is 2. The van der Waals surface area contributed by atoms with Crippen LogP contribution in [0.1, 0.15) is 31.9 Å². The highest BCUT2D eigenvalue weighted by Crippen LogP contribution is 2.43. The molecule has 0 unspecified atom stereocenters. The number of benzene rings is 6. The third kappa shape index (κ3) is 6.01. The van der Waals surface area contributed by atoms with Crippen molar-refractivity contribution in [2.45, 2.75) is 42.5 Å². The Morgan fingerprint density at radius 3 is 2.15 bits per heavy atom.